The smallest absolute Gasteiger partial charge is 0.490 e. The number of carbonyl (C=O) groups is 1. The third kappa shape index (κ3) is 4.49. The molecule has 2 aliphatic rings. The first kappa shape index (κ1) is 23.3. The molecule has 2 atom stereocenters. The van der Waals surface area contributed by atoms with E-state index < -0.39 is 50.8 Å². The van der Waals surface area contributed by atoms with E-state index in [0.29, 0.717) is 6.42 Å². The lowest BCUT2D eigenvalue weighted by Gasteiger charge is -2.21. The standard InChI is InChI=1S/C21H19F4NO6S/c1-12-7-16-17(19(18(12)22)32-33(28,29)21(23,24)25)20(27)26-9-15(8-14(26)11-31-16)30-10-13-5-3-2-4-6-13/h2-7,14-15H,8-11H2,1H3/t14-,15+/m1/s1. The van der Waals surface area contributed by atoms with E-state index in [4.69, 9.17) is 9.47 Å². The molecule has 12 heteroatoms. The Morgan fingerprint density at radius 2 is 1.91 bits per heavy atom. The van der Waals surface area contributed by atoms with Crippen LogP contribution >= 0.6 is 0 Å². The molecule has 0 radical (unpaired) electrons. The van der Waals surface area contributed by atoms with Gasteiger partial charge in [0.2, 0.25) is 0 Å². The van der Waals surface area contributed by atoms with Crippen molar-refractivity contribution in [2.45, 2.75) is 37.6 Å². The summed E-state index contributed by atoms with van der Waals surface area (Å²) in [5.41, 5.74) is -5.84. The van der Waals surface area contributed by atoms with Gasteiger partial charge < -0.3 is 18.6 Å². The van der Waals surface area contributed by atoms with Crippen molar-refractivity contribution < 1.29 is 44.4 Å². The molecule has 0 saturated carbocycles. The van der Waals surface area contributed by atoms with Crippen LogP contribution in [0.15, 0.2) is 36.4 Å². The fraction of sp³-hybridized carbons (Fsp3) is 0.381. The average molecular weight is 489 g/mol. The van der Waals surface area contributed by atoms with Gasteiger partial charge in [0.1, 0.15) is 17.9 Å². The molecule has 7 nitrogen and oxygen atoms in total. The second-order valence-corrected chi connectivity index (χ2v) is 9.31. The highest BCUT2D eigenvalue weighted by atomic mass is 32.2. The second kappa shape index (κ2) is 8.49. The zero-order valence-corrected chi connectivity index (χ0v) is 18.1. The van der Waals surface area contributed by atoms with Crippen LogP contribution in [0.3, 0.4) is 0 Å². The summed E-state index contributed by atoms with van der Waals surface area (Å²) in [5.74, 6) is -3.87. The third-order valence-electron chi connectivity index (χ3n) is 5.45. The Morgan fingerprint density at radius 3 is 2.58 bits per heavy atom. The fourth-order valence-electron chi connectivity index (χ4n) is 3.80. The Balaban J connectivity index is 1.62. The van der Waals surface area contributed by atoms with E-state index in [1.165, 1.54) is 11.8 Å². The molecule has 0 unspecified atom stereocenters. The number of hydrogen-bond acceptors (Lipinski definition) is 6. The van der Waals surface area contributed by atoms with Crippen molar-refractivity contribution >= 4 is 16.0 Å². The highest BCUT2D eigenvalue weighted by Crippen LogP contribution is 2.41. The van der Waals surface area contributed by atoms with Crippen molar-refractivity contribution in [3.05, 3.63) is 58.9 Å². The van der Waals surface area contributed by atoms with Crippen LogP contribution in [0.25, 0.3) is 0 Å². The molecule has 1 amide bonds. The molecule has 0 aliphatic carbocycles. The van der Waals surface area contributed by atoms with E-state index in [-0.39, 0.29) is 31.1 Å². The highest BCUT2D eigenvalue weighted by molar-refractivity contribution is 7.88. The normalized spacial score (nSPS) is 20.6. The number of fused-ring (bicyclic) bond motifs is 2. The Bertz CT molecular complexity index is 1170. The number of ether oxygens (including phenoxy) is 2. The van der Waals surface area contributed by atoms with Gasteiger partial charge in [0, 0.05) is 6.54 Å². The van der Waals surface area contributed by atoms with Gasteiger partial charge in [0.05, 0.1) is 18.8 Å². The number of benzene rings is 2. The number of hydrogen-bond donors (Lipinski definition) is 0. The van der Waals surface area contributed by atoms with Crippen molar-refractivity contribution in [2.75, 3.05) is 13.2 Å². The minimum absolute atomic E-state index is 0.0273. The summed E-state index contributed by atoms with van der Waals surface area (Å²) in [6.45, 7) is 1.51. The van der Waals surface area contributed by atoms with Crippen LogP contribution in [0.4, 0.5) is 17.6 Å². The van der Waals surface area contributed by atoms with Crippen molar-refractivity contribution in [3.63, 3.8) is 0 Å². The molecule has 0 N–H and O–H groups in total. The lowest BCUT2D eigenvalue weighted by atomic mass is 10.1. The maximum Gasteiger partial charge on any atom is 0.534 e. The third-order valence-corrected chi connectivity index (χ3v) is 6.41. The van der Waals surface area contributed by atoms with Crippen LogP contribution in [0.1, 0.15) is 27.9 Å². The summed E-state index contributed by atoms with van der Waals surface area (Å²) in [4.78, 5) is 14.5. The number of rotatable bonds is 5. The molecular weight excluding hydrogens is 470 g/mol. The van der Waals surface area contributed by atoms with E-state index in [0.717, 1.165) is 11.6 Å². The molecule has 0 bridgehead atoms. The molecule has 0 aromatic heterocycles. The molecule has 2 aliphatic heterocycles. The van der Waals surface area contributed by atoms with Crippen LogP contribution in [0.5, 0.6) is 11.5 Å². The average Bonchev–Trinajstić information content (AvgIpc) is 3.11. The van der Waals surface area contributed by atoms with Gasteiger partial charge >= 0.3 is 15.6 Å². The Hall–Kier alpha value is -2.86. The van der Waals surface area contributed by atoms with Gasteiger partial charge in [0.15, 0.2) is 11.6 Å². The summed E-state index contributed by atoms with van der Waals surface area (Å²) >= 11 is 0. The first-order valence-electron chi connectivity index (χ1n) is 9.91. The van der Waals surface area contributed by atoms with Crippen LogP contribution in [0, 0.1) is 12.7 Å². The monoisotopic (exact) mass is 489 g/mol. The van der Waals surface area contributed by atoms with Crippen molar-refractivity contribution in [2.24, 2.45) is 0 Å². The molecule has 178 valence electrons. The van der Waals surface area contributed by atoms with Gasteiger partial charge in [-0.15, -0.1) is 0 Å². The van der Waals surface area contributed by atoms with Crippen LogP contribution in [0.2, 0.25) is 0 Å². The number of alkyl halides is 3. The maximum absolute atomic E-state index is 14.7. The van der Waals surface area contributed by atoms with Crippen molar-refractivity contribution in [1.82, 2.24) is 4.90 Å². The fourth-order valence-corrected chi connectivity index (χ4v) is 4.27. The minimum atomic E-state index is -6.22. The molecule has 2 aromatic rings. The Labute approximate surface area is 187 Å². The van der Waals surface area contributed by atoms with Crippen LogP contribution in [-0.2, 0) is 21.5 Å². The largest absolute Gasteiger partial charge is 0.534 e. The number of aryl methyl sites for hydroxylation is 1. The Morgan fingerprint density at radius 1 is 1.21 bits per heavy atom. The molecular formula is C21H19F4NO6S. The number of carbonyl (C=O) groups excluding carboxylic acids is 1. The SMILES string of the molecule is Cc1cc2c(c(OS(=O)(=O)C(F)(F)F)c1F)C(=O)N1C[C@@H](OCc3ccccc3)C[C@@H]1CO2. The number of nitrogens with zero attached hydrogens (tertiary/aromatic N) is 1. The predicted octanol–water partition coefficient (Wildman–Crippen LogP) is 3.55. The maximum atomic E-state index is 14.7. The number of amides is 1. The lowest BCUT2D eigenvalue weighted by molar-refractivity contribution is -0.0501. The summed E-state index contributed by atoms with van der Waals surface area (Å²) < 4.78 is 92.0. The molecule has 1 saturated heterocycles. The second-order valence-electron chi connectivity index (χ2n) is 7.77. The molecule has 1 fully saturated rings. The summed E-state index contributed by atoms with van der Waals surface area (Å²) in [5, 5.41) is 0. The van der Waals surface area contributed by atoms with Gasteiger partial charge in [-0.25, -0.2) is 4.39 Å². The Kier molecular flexibility index (Phi) is 5.99. The van der Waals surface area contributed by atoms with Gasteiger partial charge in [-0.2, -0.15) is 21.6 Å². The first-order chi connectivity index (χ1) is 15.5. The summed E-state index contributed by atoms with van der Waals surface area (Å²) in [7, 11) is -6.22. The highest BCUT2D eigenvalue weighted by Gasteiger charge is 2.50. The zero-order chi connectivity index (χ0) is 24.0. The number of halogens is 4. The molecule has 33 heavy (non-hydrogen) atoms. The summed E-state index contributed by atoms with van der Waals surface area (Å²) in [6.07, 6.45) is -0.0201. The van der Waals surface area contributed by atoms with E-state index >= 15 is 0 Å². The van der Waals surface area contributed by atoms with Crippen LogP contribution < -0.4 is 8.92 Å². The van der Waals surface area contributed by atoms with Gasteiger partial charge in [-0.1, -0.05) is 30.3 Å². The van der Waals surface area contributed by atoms with Crippen LogP contribution in [-0.4, -0.2) is 50.0 Å². The summed E-state index contributed by atoms with van der Waals surface area (Å²) in [6, 6.07) is 9.92. The molecule has 0 spiro atoms. The first-order valence-corrected chi connectivity index (χ1v) is 11.3. The van der Waals surface area contributed by atoms with Crippen molar-refractivity contribution in [1.29, 1.82) is 0 Å². The van der Waals surface area contributed by atoms with Crippen molar-refractivity contribution in [3.8, 4) is 11.5 Å². The zero-order valence-electron chi connectivity index (χ0n) is 17.3. The minimum Gasteiger partial charge on any atom is -0.490 e. The predicted molar refractivity (Wildman–Crippen MR) is 107 cm³/mol. The molecule has 4 rings (SSSR count). The van der Waals surface area contributed by atoms with Gasteiger partial charge in [0.25, 0.3) is 5.91 Å². The van der Waals surface area contributed by atoms with Gasteiger partial charge in [-0.3, -0.25) is 4.79 Å². The lowest BCUT2D eigenvalue weighted by Crippen LogP contribution is -2.37. The van der Waals surface area contributed by atoms with E-state index in [1.54, 1.807) is 0 Å². The van der Waals surface area contributed by atoms with E-state index in [2.05, 4.69) is 4.18 Å². The molecule has 2 heterocycles. The van der Waals surface area contributed by atoms with Gasteiger partial charge in [-0.05, 0) is 30.5 Å². The van der Waals surface area contributed by atoms with E-state index in [9.17, 15) is 30.8 Å². The van der Waals surface area contributed by atoms with E-state index in [1.807, 2.05) is 30.3 Å². The quantitative estimate of drug-likeness (QED) is 0.363. The molecule has 2 aromatic carbocycles. The topological polar surface area (TPSA) is 82.1 Å².